The van der Waals surface area contributed by atoms with Gasteiger partial charge in [0.25, 0.3) is 0 Å². The number of esters is 5. The summed E-state index contributed by atoms with van der Waals surface area (Å²) in [6.07, 6.45) is 3.54. The Morgan fingerprint density at radius 1 is 0.639 bits per heavy atom. The molecule has 12 atom stereocenters. The van der Waals surface area contributed by atoms with E-state index in [1.165, 1.54) is 7.11 Å². The summed E-state index contributed by atoms with van der Waals surface area (Å²) in [6, 6.07) is 0. The fraction of sp³-hybridized carbons (Fsp3) is 0.783. The van der Waals surface area contributed by atoms with Crippen molar-refractivity contribution in [2.45, 2.75) is 117 Å². The predicted molar refractivity (Wildman–Crippen MR) is 220 cm³/mol. The molecule has 0 aromatic heterocycles. The first-order valence-electron chi connectivity index (χ1n) is 21.6. The topological polar surface area (TPSA) is 207 Å². The van der Waals surface area contributed by atoms with Crippen LogP contribution in [0, 0.1) is 57.2 Å². The Morgan fingerprint density at radius 2 is 1.08 bits per heavy atom. The zero-order valence-corrected chi connectivity index (χ0v) is 37.5. The quantitative estimate of drug-likeness (QED) is 0.0916. The zero-order valence-electron chi connectivity index (χ0n) is 37.5. The Bertz CT molecular complexity index is 1660. The Hall–Kier alpha value is -3.82. The van der Waals surface area contributed by atoms with Crippen molar-refractivity contribution in [1.82, 2.24) is 0 Å². The van der Waals surface area contributed by atoms with Crippen LogP contribution < -0.4 is 0 Å². The summed E-state index contributed by atoms with van der Waals surface area (Å²) in [4.78, 5) is 77.9. The number of rotatable bonds is 19. The molecule has 0 amide bonds. The zero-order chi connectivity index (χ0) is 45.5. The third kappa shape index (κ3) is 10.5. The van der Waals surface area contributed by atoms with Gasteiger partial charge in [-0.2, -0.15) is 0 Å². The maximum absolute atomic E-state index is 14.2. The van der Waals surface area contributed by atoms with Crippen molar-refractivity contribution in [1.29, 1.82) is 0 Å². The first-order chi connectivity index (χ1) is 28.7. The molecule has 15 heteroatoms. The molecule has 4 rings (SSSR count). The average molecular weight is 863 g/mol. The number of aliphatic carboxylic acids is 1. The van der Waals surface area contributed by atoms with Crippen molar-refractivity contribution < 1.29 is 72.1 Å². The molecule has 344 valence electrons. The van der Waals surface area contributed by atoms with E-state index in [-0.39, 0.29) is 60.9 Å². The lowest BCUT2D eigenvalue weighted by molar-refractivity contribution is -0.181. The second kappa shape index (κ2) is 20.6. The summed E-state index contributed by atoms with van der Waals surface area (Å²) >= 11 is 0. The number of carboxylic acids is 1. The summed E-state index contributed by atoms with van der Waals surface area (Å²) in [5.74, 6) is -8.72. The van der Waals surface area contributed by atoms with E-state index in [2.05, 4.69) is 33.9 Å². The van der Waals surface area contributed by atoms with Crippen molar-refractivity contribution in [3.63, 3.8) is 0 Å². The summed E-state index contributed by atoms with van der Waals surface area (Å²) in [7, 11) is 4.63. The lowest BCUT2D eigenvalue weighted by Crippen LogP contribution is -2.54. The number of aliphatic hydroxyl groups excluding tert-OH is 1. The SMILES string of the molecule is C=C1CC[C@H]2[C@](C)(COC(=O)[C@@H](CC(=O)O)[C@@H](OC[C@H]3C(=C)CC[C@H]4[C@](C)(CO)CCC[C@]34C)C(=O)OC)CCC[C@]2(C)[C@H]1CO[C@@H](C(=O)OC)[C@H](CC(=O)OC)C(=O)OC. The molecule has 4 aliphatic rings. The highest BCUT2D eigenvalue weighted by atomic mass is 16.6. The molecule has 0 radical (unpaired) electrons. The van der Waals surface area contributed by atoms with E-state index in [1.807, 2.05) is 6.92 Å². The van der Waals surface area contributed by atoms with Gasteiger partial charge in [0.05, 0.1) is 61.1 Å². The molecule has 2 N–H and O–H groups in total. The molecule has 15 nitrogen and oxygen atoms in total. The maximum Gasteiger partial charge on any atom is 0.335 e. The van der Waals surface area contributed by atoms with Gasteiger partial charge in [0.1, 0.15) is 11.8 Å². The number of ether oxygens (including phenoxy) is 7. The Balaban J connectivity index is 1.55. The van der Waals surface area contributed by atoms with Gasteiger partial charge in [0, 0.05) is 23.9 Å². The van der Waals surface area contributed by atoms with Crippen LogP contribution in [0.1, 0.15) is 105 Å². The minimum absolute atomic E-state index is 0.0158. The first-order valence-corrected chi connectivity index (χ1v) is 21.6. The number of carboxylic acid groups (broad SMARTS) is 1. The van der Waals surface area contributed by atoms with Gasteiger partial charge in [0.15, 0.2) is 12.2 Å². The average Bonchev–Trinajstić information content (AvgIpc) is 3.22. The van der Waals surface area contributed by atoms with Crippen LogP contribution in [0.25, 0.3) is 0 Å². The molecule has 0 aromatic rings. The molecule has 0 spiro atoms. The highest BCUT2D eigenvalue weighted by Crippen LogP contribution is 2.62. The molecule has 4 saturated carbocycles. The van der Waals surface area contributed by atoms with E-state index in [9.17, 15) is 39.0 Å². The van der Waals surface area contributed by atoms with Gasteiger partial charge in [-0.05, 0) is 79.4 Å². The first kappa shape index (κ1) is 49.8. The summed E-state index contributed by atoms with van der Waals surface area (Å²) in [5, 5.41) is 20.4. The second-order valence-corrected chi connectivity index (χ2v) is 19.1. The molecule has 0 unspecified atom stereocenters. The number of aliphatic hydroxyl groups is 1. The molecule has 61 heavy (non-hydrogen) atoms. The summed E-state index contributed by atoms with van der Waals surface area (Å²) in [6.45, 7) is 17.1. The van der Waals surface area contributed by atoms with Crippen LogP contribution in [0.15, 0.2) is 24.3 Å². The standard InChI is InChI=1S/C46H70O15/c1-27-13-15-33-43(3,25-47)17-11-19-45(33,5)31(27)23-59-37(41(53)57-9)29(21-35(48)49)40(52)61-26-44(4)18-12-20-46(6)32(28(2)14-16-34(44)46)24-60-38(42(54)58-10)30(39(51)56-8)22-36(50)55-7/h29-34,37-38,47H,1-2,11-26H2,3-10H3,(H,48,49)/t29-,30-,31-,32-,33-,34-,37+,38+,43-,44-,45+,46+/m0/s1. The van der Waals surface area contributed by atoms with Gasteiger partial charge < -0.3 is 43.4 Å². The third-order valence-electron chi connectivity index (χ3n) is 15.5. The Morgan fingerprint density at radius 3 is 1.51 bits per heavy atom. The van der Waals surface area contributed by atoms with Crippen LogP contribution in [0.5, 0.6) is 0 Å². The minimum atomic E-state index is -1.56. The van der Waals surface area contributed by atoms with E-state index < -0.39 is 83.5 Å². The predicted octanol–water partition coefficient (Wildman–Crippen LogP) is 5.64. The maximum atomic E-state index is 14.2. The third-order valence-corrected chi connectivity index (χ3v) is 15.5. The highest BCUT2D eigenvalue weighted by Gasteiger charge is 2.57. The molecule has 4 aliphatic carbocycles. The van der Waals surface area contributed by atoms with Crippen molar-refractivity contribution in [3.8, 4) is 0 Å². The number of carbonyl (C=O) groups is 6. The fourth-order valence-corrected chi connectivity index (χ4v) is 12.0. The largest absolute Gasteiger partial charge is 0.481 e. The van der Waals surface area contributed by atoms with Gasteiger partial charge in [-0.15, -0.1) is 0 Å². The smallest absolute Gasteiger partial charge is 0.335 e. The van der Waals surface area contributed by atoms with Crippen molar-refractivity contribution >= 4 is 35.8 Å². The van der Waals surface area contributed by atoms with Crippen LogP contribution in [-0.4, -0.2) is 113 Å². The van der Waals surface area contributed by atoms with Crippen molar-refractivity contribution in [3.05, 3.63) is 24.3 Å². The Labute approximate surface area is 360 Å². The molecule has 0 heterocycles. The lowest BCUT2D eigenvalue weighted by atomic mass is 9.47. The molecule has 0 saturated heterocycles. The second-order valence-electron chi connectivity index (χ2n) is 19.1. The van der Waals surface area contributed by atoms with E-state index >= 15 is 0 Å². The van der Waals surface area contributed by atoms with E-state index in [4.69, 9.17) is 33.2 Å². The van der Waals surface area contributed by atoms with Crippen LogP contribution in [0.2, 0.25) is 0 Å². The van der Waals surface area contributed by atoms with Gasteiger partial charge in [0.2, 0.25) is 0 Å². The molecule has 4 fully saturated rings. The van der Waals surface area contributed by atoms with E-state index in [1.54, 1.807) is 0 Å². The van der Waals surface area contributed by atoms with Gasteiger partial charge in [-0.1, -0.05) is 64.8 Å². The van der Waals surface area contributed by atoms with Gasteiger partial charge in [-0.3, -0.25) is 19.2 Å². The number of methoxy groups -OCH3 is 4. The normalized spacial score (nSPS) is 33.1. The number of hydrogen-bond donors (Lipinski definition) is 2. The van der Waals surface area contributed by atoms with Crippen molar-refractivity contribution in [2.24, 2.45) is 57.2 Å². The molecule has 0 aromatic carbocycles. The van der Waals surface area contributed by atoms with Crippen LogP contribution in [0.3, 0.4) is 0 Å². The van der Waals surface area contributed by atoms with Gasteiger partial charge in [-0.25, -0.2) is 9.59 Å². The lowest BCUT2D eigenvalue weighted by Gasteiger charge is -2.58. The monoisotopic (exact) mass is 862 g/mol. The number of carbonyl (C=O) groups excluding carboxylic acids is 5. The Kier molecular flexibility index (Phi) is 16.8. The number of fused-ring (bicyclic) bond motifs is 2. The van der Waals surface area contributed by atoms with Crippen LogP contribution in [0.4, 0.5) is 0 Å². The van der Waals surface area contributed by atoms with Crippen LogP contribution >= 0.6 is 0 Å². The fourth-order valence-electron chi connectivity index (χ4n) is 12.0. The molecular formula is C46H70O15. The summed E-state index contributed by atoms with van der Waals surface area (Å²) in [5.41, 5.74) is 0.204. The highest BCUT2D eigenvalue weighted by molar-refractivity contribution is 5.88. The van der Waals surface area contributed by atoms with Gasteiger partial charge >= 0.3 is 35.8 Å². The minimum Gasteiger partial charge on any atom is -0.481 e. The summed E-state index contributed by atoms with van der Waals surface area (Å²) < 4.78 is 38.3. The molecule has 0 aliphatic heterocycles. The number of hydrogen-bond acceptors (Lipinski definition) is 14. The molecule has 0 bridgehead atoms. The van der Waals surface area contributed by atoms with E-state index in [0.29, 0.717) is 19.3 Å². The van der Waals surface area contributed by atoms with E-state index in [0.717, 1.165) is 77.4 Å². The molecular weight excluding hydrogens is 792 g/mol. The van der Waals surface area contributed by atoms with Crippen molar-refractivity contribution in [2.75, 3.05) is 54.9 Å². The van der Waals surface area contributed by atoms with Crippen LogP contribution in [-0.2, 0) is 61.9 Å².